The normalized spacial score (nSPS) is 11.0. The summed E-state index contributed by atoms with van der Waals surface area (Å²) in [6.07, 6.45) is 3.75. The Morgan fingerprint density at radius 3 is 2.66 bits per heavy atom. The summed E-state index contributed by atoms with van der Waals surface area (Å²) in [5.74, 6) is 1.16. The average molecular weight is 447 g/mol. The molecule has 32 heavy (non-hydrogen) atoms. The van der Waals surface area contributed by atoms with Gasteiger partial charge < -0.3 is 9.47 Å². The molecule has 0 unspecified atom stereocenters. The fraction of sp³-hybridized carbons (Fsp3) is 0.250. The van der Waals surface area contributed by atoms with Gasteiger partial charge in [0, 0.05) is 37.5 Å². The van der Waals surface area contributed by atoms with Crippen molar-refractivity contribution in [2.75, 3.05) is 12.8 Å². The van der Waals surface area contributed by atoms with E-state index in [9.17, 15) is 4.79 Å². The first-order valence-electron chi connectivity index (χ1n) is 10.5. The zero-order chi connectivity index (χ0) is 22.5. The van der Waals surface area contributed by atoms with Crippen molar-refractivity contribution in [2.45, 2.75) is 32.1 Å². The smallest absolute Gasteiger partial charge is 0.233 e. The van der Waals surface area contributed by atoms with Gasteiger partial charge in [-0.15, -0.1) is 10.2 Å². The molecule has 4 rings (SSSR count). The van der Waals surface area contributed by atoms with Crippen LogP contribution in [0.4, 0.5) is 0 Å². The molecule has 7 nitrogen and oxygen atoms in total. The molecule has 164 valence electrons. The molecule has 0 spiro atoms. The van der Waals surface area contributed by atoms with E-state index >= 15 is 0 Å². The number of carbonyl (C=O) groups excluding carboxylic acids is 1. The van der Waals surface area contributed by atoms with E-state index in [1.807, 2.05) is 60.4 Å². The quantitative estimate of drug-likeness (QED) is 0.379. The van der Waals surface area contributed by atoms with Crippen molar-refractivity contribution in [1.29, 1.82) is 0 Å². The summed E-state index contributed by atoms with van der Waals surface area (Å²) in [4.78, 5) is 14.5. The predicted molar refractivity (Wildman–Crippen MR) is 127 cm³/mol. The molecular weight excluding hydrogens is 420 g/mol. The number of benzene rings is 2. The largest absolute Gasteiger partial charge is 0.341 e. The number of aromatic nitrogens is 5. The van der Waals surface area contributed by atoms with Crippen LogP contribution >= 0.6 is 11.8 Å². The van der Waals surface area contributed by atoms with Crippen molar-refractivity contribution in [2.24, 2.45) is 0 Å². The van der Waals surface area contributed by atoms with Crippen LogP contribution in [-0.2, 0) is 17.9 Å². The van der Waals surface area contributed by atoms with Crippen LogP contribution in [0.3, 0.4) is 0 Å². The molecule has 8 heteroatoms. The number of thioether (sulfide) groups is 1. The van der Waals surface area contributed by atoms with Crippen LogP contribution in [0.2, 0.25) is 0 Å². The van der Waals surface area contributed by atoms with E-state index in [4.69, 9.17) is 0 Å². The third-order valence-corrected chi connectivity index (χ3v) is 6.09. The third-order valence-electron chi connectivity index (χ3n) is 5.14. The fourth-order valence-corrected chi connectivity index (χ4v) is 4.38. The molecule has 0 radical (unpaired) electrons. The summed E-state index contributed by atoms with van der Waals surface area (Å²) >= 11 is 1.42. The number of carbonyl (C=O) groups is 1. The molecule has 4 aromatic rings. The Morgan fingerprint density at radius 1 is 1.09 bits per heavy atom. The lowest BCUT2D eigenvalue weighted by molar-refractivity contribution is -0.127. The third kappa shape index (κ3) is 4.91. The summed E-state index contributed by atoms with van der Waals surface area (Å²) < 4.78 is 3.87. The lowest BCUT2D eigenvalue weighted by Gasteiger charge is -2.16. The monoisotopic (exact) mass is 446 g/mol. The molecule has 0 saturated carbocycles. The first kappa shape index (κ1) is 21.8. The highest BCUT2D eigenvalue weighted by Gasteiger charge is 2.17. The first-order chi connectivity index (χ1) is 15.5. The number of nitrogens with zero attached hydrogens (tertiary/aromatic N) is 6. The predicted octanol–water partition coefficient (Wildman–Crippen LogP) is 4.21. The van der Waals surface area contributed by atoms with Gasteiger partial charge in [-0.25, -0.2) is 4.68 Å². The second-order valence-corrected chi connectivity index (χ2v) is 8.53. The van der Waals surface area contributed by atoms with Gasteiger partial charge in [-0.3, -0.25) is 4.79 Å². The second kappa shape index (κ2) is 9.82. The molecule has 0 saturated heterocycles. The molecule has 2 aromatic carbocycles. The molecule has 2 heterocycles. The Hall–Kier alpha value is -3.39. The van der Waals surface area contributed by atoms with Crippen LogP contribution in [0.15, 0.2) is 72.1 Å². The Kier molecular flexibility index (Phi) is 6.70. The molecule has 0 aliphatic carbocycles. The van der Waals surface area contributed by atoms with Crippen LogP contribution in [0.5, 0.6) is 0 Å². The van der Waals surface area contributed by atoms with Crippen molar-refractivity contribution < 1.29 is 4.79 Å². The van der Waals surface area contributed by atoms with E-state index in [-0.39, 0.29) is 5.91 Å². The van der Waals surface area contributed by atoms with E-state index in [0.717, 1.165) is 34.3 Å². The van der Waals surface area contributed by atoms with Gasteiger partial charge in [0.2, 0.25) is 5.91 Å². The highest BCUT2D eigenvalue weighted by atomic mass is 32.2. The number of para-hydroxylation sites is 1. The summed E-state index contributed by atoms with van der Waals surface area (Å²) in [6, 6.07) is 18.1. The summed E-state index contributed by atoms with van der Waals surface area (Å²) in [5.41, 5.74) is 4.18. The van der Waals surface area contributed by atoms with Crippen LogP contribution in [0.25, 0.3) is 17.1 Å². The topological polar surface area (TPSA) is 68.8 Å². The van der Waals surface area contributed by atoms with Gasteiger partial charge in [-0.1, -0.05) is 53.7 Å². The molecular formula is C24H26N6OS. The molecule has 0 aliphatic heterocycles. The highest BCUT2D eigenvalue weighted by Crippen LogP contribution is 2.25. The maximum atomic E-state index is 12.7. The van der Waals surface area contributed by atoms with Crippen molar-refractivity contribution in [3.8, 4) is 17.1 Å². The van der Waals surface area contributed by atoms with Gasteiger partial charge in [-0.2, -0.15) is 5.10 Å². The zero-order valence-electron chi connectivity index (χ0n) is 18.5. The lowest BCUT2D eigenvalue weighted by atomic mass is 10.1. The van der Waals surface area contributed by atoms with E-state index in [1.54, 1.807) is 11.1 Å². The van der Waals surface area contributed by atoms with Crippen molar-refractivity contribution in [1.82, 2.24) is 29.4 Å². The van der Waals surface area contributed by atoms with Gasteiger partial charge >= 0.3 is 0 Å². The Balaban J connectivity index is 1.38. The van der Waals surface area contributed by atoms with Gasteiger partial charge in [0.25, 0.3) is 0 Å². The SMILES string of the molecule is CCn1c(SCC(=O)N(C)Cc2cnn(-c3ccccc3)c2)nnc1-c1cccc(C)c1. The molecule has 0 N–H and O–H groups in total. The molecule has 2 aromatic heterocycles. The number of hydrogen-bond donors (Lipinski definition) is 0. The first-order valence-corrected chi connectivity index (χ1v) is 11.5. The van der Waals surface area contributed by atoms with Crippen LogP contribution < -0.4 is 0 Å². The summed E-state index contributed by atoms with van der Waals surface area (Å²) in [5, 5.41) is 13.9. The van der Waals surface area contributed by atoms with Crippen LogP contribution in [0, 0.1) is 6.92 Å². The minimum absolute atomic E-state index is 0.0326. The van der Waals surface area contributed by atoms with E-state index in [0.29, 0.717) is 12.3 Å². The number of amides is 1. The molecule has 0 atom stereocenters. The zero-order valence-corrected chi connectivity index (χ0v) is 19.3. The minimum Gasteiger partial charge on any atom is -0.341 e. The summed E-state index contributed by atoms with van der Waals surface area (Å²) in [7, 11) is 1.81. The van der Waals surface area contributed by atoms with Crippen LogP contribution in [0.1, 0.15) is 18.1 Å². The van der Waals surface area contributed by atoms with Gasteiger partial charge in [0.05, 0.1) is 17.6 Å². The van der Waals surface area contributed by atoms with E-state index < -0.39 is 0 Å². The highest BCUT2D eigenvalue weighted by molar-refractivity contribution is 7.99. The van der Waals surface area contributed by atoms with Gasteiger partial charge in [-0.05, 0) is 32.0 Å². The number of hydrogen-bond acceptors (Lipinski definition) is 5. The van der Waals surface area contributed by atoms with Crippen LogP contribution in [-0.4, -0.2) is 48.2 Å². The van der Waals surface area contributed by atoms with Crippen molar-refractivity contribution in [3.05, 3.63) is 78.1 Å². The Bertz CT molecular complexity index is 1200. The molecule has 0 bridgehead atoms. The van der Waals surface area contributed by atoms with E-state index in [2.05, 4.69) is 45.8 Å². The Morgan fingerprint density at radius 2 is 1.91 bits per heavy atom. The number of rotatable bonds is 8. The second-order valence-electron chi connectivity index (χ2n) is 7.59. The lowest BCUT2D eigenvalue weighted by Crippen LogP contribution is -2.27. The minimum atomic E-state index is 0.0326. The van der Waals surface area contributed by atoms with Gasteiger partial charge in [0.1, 0.15) is 0 Å². The summed E-state index contributed by atoms with van der Waals surface area (Å²) in [6.45, 7) is 5.36. The average Bonchev–Trinajstić information content (AvgIpc) is 3.44. The van der Waals surface area contributed by atoms with Crippen molar-refractivity contribution >= 4 is 17.7 Å². The number of aryl methyl sites for hydroxylation is 1. The maximum Gasteiger partial charge on any atom is 0.233 e. The molecule has 1 amide bonds. The Labute approximate surface area is 192 Å². The fourth-order valence-electron chi connectivity index (χ4n) is 3.44. The molecule has 0 fully saturated rings. The van der Waals surface area contributed by atoms with E-state index in [1.165, 1.54) is 17.3 Å². The maximum absolute atomic E-state index is 12.7. The van der Waals surface area contributed by atoms with Gasteiger partial charge in [0.15, 0.2) is 11.0 Å². The van der Waals surface area contributed by atoms with Crippen molar-refractivity contribution in [3.63, 3.8) is 0 Å². The molecule has 0 aliphatic rings. The standard InChI is InChI=1S/C24H26N6OS/c1-4-29-23(20-10-8-9-18(2)13-20)26-27-24(29)32-17-22(31)28(3)15-19-14-25-30(16-19)21-11-6-5-7-12-21/h5-14,16H,4,15,17H2,1-3H3.